The first-order valence-electron chi connectivity index (χ1n) is 3.75. The Balaban J connectivity index is 0.00000121. The van der Waals surface area contributed by atoms with E-state index < -0.39 is 5.97 Å². The Hall–Kier alpha value is -0.650. The highest BCUT2D eigenvalue weighted by molar-refractivity contribution is 5.67. The van der Waals surface area contributed by atoms with E-state index in [0.29, 0.717) is 17.7 Å². The third-order valence-electron chi connectivity index (χ3n) is 2.07. The first-order valence-corrected chi connectivity index (χ1v) is 3.75. The highest BCUT2D eigenvalue weighted by Crippen LogP contribution is 2.06. The van der Waals surface area contributed by atoms with E-state index in [2.05, 4.69) is 0 Å². The second-order valence-electron chi connectivity index (χ2n) is 3.23. The number of ether oxygens (including phenoxy) is 1. The molecule has 1 aliphatic rings. The van der Waals surface area contributed by atoms with E-state index in [4.69, 9.17) is 9.84 Å². The molecule has 0 atom stereocenters. The molecule has 0 amide bonds. The Morgan fingerprint density at radius 1 is 1.50 bits per heavy atom. The highest BCUT2D eigenvalue weighted by Gasteiger charge is 2.27. The number of likely N-dealkylation sites (N-methyl/N-ethyl adjacent to an activating group) is 1. The molecular formula is C7H15NO4. The molecule has 12 heavy (non-hydrogen) atoms. The highest BCUT2D eigenvalue weighted by atomic mass is 16.5. The maximum absolute atomic E-state index is 10.4. The molecule has 0 aromatic rings. The lowest BCUT2D eigenvalue weighted by Gasteiger charge is -2.35. The van der Waals surface area contributed by atoms with Crippen molar-refractivity contribution in [3.63, 3.8) is 0 Å². The first kappa shape index (κ1) is 11.4. The van der Waals surface area contributed by atoms with Gasteiger partial charge in [-0.2, -0.15) is 0 Å². The zero-order valence-corrected chi connectivity index (χ0v) is 7.19. The second-order valence-corrected chi connectivity index (χ2v) is 3.23. The van der Waals surface area contributed by atoms with Crippen LogP contribution in [0.15, 0.2) is 0 Å². The fourth-order valence-electron chi connectivity index (χ4n) is 1.27. The minimum Gasteiger partial charge on any atom is -0.870 e. The van der Waals surface area contributed by atoms with Gasteiger partial charge in [0.2, 0.25) is 0 Å². The molecule has 72 valence electrons. The van der Waals surface area contributed by atoms with Gasteiger partial charge in [-0.3, -0.25) is 0 Å². The number of hydrogen-bond acceptors (Lipinski definition) is 3. The van der Waals surface area contributed by atoms with Crippen molar-refractivity contribution in [1.29, 1.82) is 0 Å². The monoisotopic (exact) mass is 177 g/mol. The van der Waals surface area contributed by atoms with Crippen molar-refractivity contribution in [2.75, 3.05) is 39.9 Å². The average Bonchev–Trinajstić information content (AvgIpc) is 1.85. The van der Waals surface area contributed by atoms with Crippen LogP contribution in [0, 0.1) is 0 Å². The molecule has 1 heterocycles. The summed E-state index contributed by atoms with van der Waals surface area (Å²) in [5.41, 5.74) is 0. The van der Waals surface area contributed by atoms with Crippen molar-refractivity contribution in [1.82, 2.24) is 0 Å². The molecular weight excluding hydrogens is 162 g/mol. The Kier molecular flexibility index (Phi) is 4.16. The molecule has 0 saturated carbocycles. The zero-order chi connectivity index (χ0) is 8.32. The summed E-state index contributed by atoms with van der Waals surface area (Å²) >= 11 is 0. The number of hydrogen-bond donors (Lipinski definition) is 1. The molecule has 0 unspecified atom stereocenters. The molecule has 5 heteroatoms. The van der Waals surface area contributed by atoms with Gasteiger partial charge < -0.3 is 19.8 Å². The number of aliphatic carboxylic acids is 1. The van der Waals surface area contributed by atoms with Crippen LogP contribution >= 0.6 is 0 Å². The van der Waals surface area contributed by atoms with E-state index >= 15 is 0 Å². The molecule has 0 bridgehead atoms. The third kappa shape index (κ3) is 3.17. The molecule has 5 nitrogen and oxygen atoms in total. The van der Waals surface area contributed by atoms with Crippen LogP contribution in [0.1, 0.15) is 0 Å². The van der Waals surface area contributed by atoms with Gasteiger partial charge >= 0.3 is 5.97 Å². The van der Waals surface area contributed by atoms with Gasteiger partial charge in [0.1, 0.15) is 13.1 Å². The Morgan fingerprint density at radius 2 is 2.00 bits per heavy atom. The van der Waals surface area contributed by atoms with Crippen molar-refractivity contribution in [2.24, 2.45) is 0 Å². The average molecular weight is 177 g/mol. The Labute approximate surface area is 71.4 Å². The Morgan fingerprint density at radius 3 is 2.42 bits per heavy atom. The molecule has 1 saturated heterocycles. The largest absolute Gasteiger partial charge is 0.870 e. The van der Waals surface area contributed by atoms with Crippen molar-refractivity contribution < 1.29 is 24.6 Å². The number of carbonyl (C=O) groups is 1. The smallest absolute Gasteiger partial charge is 0.359 e. The Bertz CT molecular complexity index is 153. The molecule has 1 fully saturated rings. The van der Waals surface area contributed by atoms with Crippen LogP contribution in [-0.4, -0.2) is 60.9 Å². The normalized spacial score (nSPS) is 21.1. The number of carboxylic acids is 1. The maximum atomic E-state index is 10.4. The lowest BCUT2D eigenvalue weighted by Crippen LogP contribution is -2.54. The summed E-state index contributed by atoms with van der Waals surface area (Å²) in [5, 5.41) is 8.57. The van der Waals surface area contributed by atoms with Gasteiger partial charge in [0.05, 0.1) is 20.3 Å². The summed E-state index contributed by atoms with van der Waals surface area (Å²) in [6, 6.07) is 0. The minimum atomic E-state index is -0.727. The quantitative estimate of drug-likeness (QED) is 0.570. The fraction of sp³-hybridized carbons (Fsp3) is 0.857. The van der Waals surface area contributed by atoms with E-state index in [1.54, 1.807) is 0 Å². The SMILES string of the molecule is C[N+]1(CC(=O)O)CCOCC1.[OH-]. The molecule has 0 aliphatic carbocycles. The number of rotatable bonds is 2. The summed E-state index contributed by atoms with van der Waals surface area (Å²) in [5.74, 6) is -0.727. The van der Waals surface area contributed by atoms with E-state index in [1.165, 1.54) is 0 Å². The summed E-state index contributed by atoms with van der Waals surface area (Å²) in [7, 11) is 1.96. The second kappa shape index (κ2) is 4.39. The summed E-state index contributed by atoms with van der Waals surface area (Å²) in [6.45, 7) is 3.20. The van der Waals surface area contributed by atoms with Gasteiger partial charge in [-0.25, -0.2) is 4.79 Å². The van der Waals surface area contributed by atoms with Gasteiger partial charge in [-0.15, -0.1) is 0 Å². The molecule has 0 aromatic carbocycles. The fourth-order valence-corrected chi connectivity index (χ4v) is 1.27. The van der Waals surface area contributed by atoms with Crippen LogP contribution in [0.25, 0.3) is 0 Å². The van der Waals surface area contributed by atoms with Gasteiger partial charge in [0.15, 0.2) is 6.54 Å². The minimum absolute atomic E-state index is 0. The maximum Gasteiger partial charge on any atom is 0.359 e. The van der Waals surface area contributed by atoms with Crippen molar-refractivity contribution >= 4 is 5.97 Å². The molecule has 1 aliphatic heterocycles. The lowest BCUT2D eigenvalue weighted by atomic mass is 10.3. The molecule has 0 aromatic heterocycles. The topological polar surface area (TPSA) is 76.5 Å². The van der Waals surface area contributed by atoms with Crippen LogP contribution < -0.4 is 0 Å². The van der Waals surface area contributed by atoms with Crippen molar-refractivity contribution in [2.45, 2.75) is 0 Å². The lowest BCUT2D eigenvalue weighted by molar-refractivity contribution is -0.910. The first-order chi connectivity index (χ1) is 5.12. The summed E-state index contributed by atoms with van der Waals surface area (Å²) < 4.78 is 5.74. The number of nitrogens with zero attached hydrogens (tertiary/aromatic N) is 1. The van der Waals surface area contributed by atoms with Gasteiger partial charge in [-0.05, 0) is 0 Å². The van der Waals surface area contributed by atoms with Crippen molar-refractivity contribution in [3.05, 3.63) is 0 Å². The standard InChI is InChI=1S/C7H13NO3.H2O/c1-8(6-7(9)10)2-4-11-5-3-8;/h2-6H2,1H3;1H2. The van der Waals surface area contributed by atoms with Crippen LogP contribution in [0.4, 0.5) is 0 Å². The van der Waals surface area contributed by atoms with Crippen LogP contribution in [0.2, 0.25) is 0 Å². The van der Waals surface area contributed by atoms with E-state index in [-0.39, 0.29) is 12.0 Å². The van der Waals surface area contributed by atoms with E-state index in [0.717, 1.165) is 13.1 Å². The number of morpholine rings is 1. The molecule has 0 spiro atoms. The number of quaternary nitrogens is 1. The van der Waals surface area contributed by atoms with E-state index in [9.17, 15) is 4.79 Å². The van der Waals surface area contributed by atoms with Crippen LogP contribution in [0.5, 0.6) is 0 Å². The predicted molar refractivity (Wildman–Crippen MR) is 41.2 cm³/mol. The van der Waals surface area contributed by atoms with Gasteiger partial charge in [0.25, 0.3) is 0 Å². The summed E-state index contributed by atoms with van der Waals surface area (Å²) in [6.07, 6.45) is 0. The van der Waals surface area contributed by atoms with Gasteiger partial charge in [-0.1, -0.05) is 0 Å². The van der Waals surface area contributed by atoms with Gasteiger partial charge in [0, 0.05) is 0 Å². The molecule has 1 rings (SSSR count). The van der Waals surface area contributed by atoms with Crippen LogP contribution in [0.3, 0.4) is 0 Å². The number of carboxylic acid groups (broad SMARTS) is 1. The molecule has 2 N–H and O–H groups in total. The van der Waals surface area contributed by atoms with Crippen molar-refractivity contribution in [3.8, 4) is 0 Å². The zero-order valence-electron chi connectivity index (χ0n) is 7.19. The predicted octanol–water partition coefficient (Wildman–Crippen LogP) is -0.629. The summed E-state index contributed by atoms with van der Waals surface area (Å²) in [4.78, 5) is 10.4. The third-order valence-corrected chi connectivity index (χ3v) is 2.07. The molecule has 0 radical (unpaired) electrons. The van der Waals surface area contributed by atoms with E-state index in [1.807, 2.05) is 7.05 Å². The van der Waals surface area contributed by atoms with Crippen LogP contribution in [-0.2, 0) is 9.53 Å².